The number of amides is 2. The number of hydrogen-bond acceptors (Lipinski definition) is 3. The van der Waals surface area contributed by atoms with Gasteiger partial charge in [0.1, 0.15) is 17.2 Å². The van der Waals surface area contributed by atoms with E-state index in [0.717, 1.165) is 22.9 Å². The molecule has 4 aromatic rings. The van der Waals surface area contributed by atoms with Gasteiger partial charge < -0.3 is 10.6 Å². The molecule has 1 atom stereocenters. The van der Waals surface area contributed by atoms with Crippen LogP contribution in [0.3, 0.4) is 0 Å². The lowest BCUT2D eigenvalue weighted by molar-refractivity contribution is -0.137. The molecule has 0 unspecified atom stereocenters. The molecule has 37 heavy (non-hydrogen) atoms. The summed E-state index contributed by atoms with van der Waals surface area (Å²) >= 11 is 6.24. The summed E-state index contributed by atoms with van der Waals surface area (Å²) in [6, 6.07) is 4.68. The van der Waals surface area contributed by atoms with Crippen LogP contribution in [0.4, 0.5) is 32.0 Å². The molecule has 5 rings (SSSR count). The van der Waals surface area contributed by atoms with Gasteiger partial charge in [0, 0.05) is 34.4 Å². The van der Waals surface area contributed by atoms with Crippen molar-refractivity contribution in [3.05, 3.63) is 92.9 Å². The molecule has 190 valence electrons. The molecule has 1 aromatic heterocycles. The number of nitrogens with zero attached hydrogens (tertiary/aromatic N) is 2. The number of aromatic nitrogens is 2. The second kappa shape index (κ2) is 8.51. The van der Waals surface area contributed by atoms with Crippen LogP contribution in [0.1, 0.15) is 43.4 Å². The number of aryl methyl sites for hydroxylation is 1. The number of fused-ring (bicyclic) bond motifs is 3. The zero-order chi connectivity index (χ0) is 26.8. The Morgan fingerprint density at radius 2 is 1.81 bits per heavy atom. The van der Waals surface area contributed by atoms with E-state index in [1.807, 2.05) is 0 Å². The number of nitrogens with one attached hydrogen (secondary N) is 2. The van der Waals surface area contributed by atoms with Gasteiger partial charge in [0.15, 0.2) is 0 Å². The van der Waals surface area contributed by atoms with E-state index >= 15 is 0 Å². The van der Waals surface area contributed by atoms with E-state index in [1.165, 1.54) is 13.1 Å². The highest BCUT2D eigenvalue weighted by Gasteiger charge is 2.38. The molecular formula is C24H13ClF6N4O2. The average molecular weight is 539 g/mol. The van der Waals surface area contributed by atoms with Gasteiger partial charge in [-0.1, -0.05) is 11.6 Å². The predicted molar refractivity (Wildman–Crippen MR) is 121 cm³/mol. The van der Waals surface area contributed by atoms with Crippen molar-refractivity contribution in [2.45, 2.75) is 12.2 Å². The van der Waals surface area contributed by atoms with Crippen LogP contribution in [0.5, 0.6) is 0 Å². The first-order valence-electron chi connectivity index (χ1n) is 10.5. The maximum absolute atomic E-state index is 14.8. The normalized spacial score (nSPS) is 15.1. The summed E-state index contributed by atoms with van der Waals surface area (Å²) in [4.78, 5) is 25.9. The quantitative estimate of drug-likeness (QED) is 0.326. The third-order valence-corrected chi connectivity index (χ3v) is 6.24. The Bertz CT molecular complexity index is 1630. The van der Waals surface area contributed by atoms with E-state index in [1.54, 1.807) is 0 Å². The molecule has 0 fully saturated rings. The molecule has 0 aliphatic carbocycles. The van der Waals surface area contributed by atoms with Crippen LogP contribution >= 0.6 is 11.6 Å². The molecule has 13 heteroatoms. The Morgan fingerprint density at radius 1 is 1.08 bits per heavy atom. The van der Waals surface area contributed by atoms with Crippen molar-refractivity contribution >= 4 is 40.0 Å². The van der Waals surface area contributed by atoms with Crippen molar-refractivity contribution in [1.29, 1.82) is 0 Å². The third-order valence-electron chi connectivity index (χ3n) is 5.89. The third kappa shape index (κ3) is 4.16. The van der Waals surface area contributed by atoms with Crippen LogP contribution in [-0.2, 0) is 13.2 Å². The minimum absolute atomic E-state index is 0.0314. The zero-order valence-corrected chi connectivity index (χ0v) is 19.2. The van der Waals surface area contributed by atoms with Crippen molar-refractivity contribution in [2.24, 2.45) is 7.05 Å². The largest absolute Gasteiger partial charge is 0.416 e. The van der Waals surface area contributed by atoms with E-state index in [4.69, 9.17) is 11.6 Å². The van der Waals surface area contributed by atoms with Crippen LogP contribution in [-0.4, -0.2) is 21.6 Å². The first-order valence-corrected chi connectivity index (χ1v) is 10.9. The number of carbonyl (C=O) groups excluding carboxylic acids is 2. The number of rotatable bonds is 3. The molecule has 0 radical (unpaired) electrons. The highest BCUT2D eigenvalue weighted by Crippen LogP contribution is 2.43. The lowest BCUT2D eigenvalue weighted by Gasteiger charge is -2.18. The van der Waals surface area contributed by atoms with Gasteiger partial charge >= 0.3 is 6.18 Å². The summed E-state index contributed by atoms with van der Waals surface area (Å²) in [5, 5.41) is 8.84. The van der Waals surface area contributed by atoms with Crippen LogP contribution in [0.2, 0.25) is 5.02 Å². The van der Waals surface area contributed by atoms with Gasteiger partial charge in [-0.2, -0.15) is 22.7 Å². The van der Waals surface area contributed by atoms with E-state index < -0.39 is 52.7 Å². The minimum Gasteiger partial charge on any atom is -0.341 e. The lowest BCUT2D eigenvalue weighted by Crippen LogP contribution is -2.21. The lowest BCUT2D eigenvalue weighted by atomic mass is 9.94. The summed E-state index contributed by atoms with van der Waals surface area (Å²) in [5.41, 5.74) is -2.34. The second-order valence-corrected chi connectivity index (χ2v) is 8.68. The predicted octanol–water partition coefficient (Wildman–Crippen LogP) is 5.75. The molecule has 0 saturated heterocycles. The van der Waals surface area contributed by atoms with Gasteiger partial charge in [-0.3, -0.25) is 9.59 Å². The molecule has 0 bridgehead atoms. The van der Waals surface area contributed by atoms with Gasteiger partial charge in [-0.05, 0) is 42.5 Å². The Morgan fingerprint density at radius 3 is 2.51 bits per heavy atom. The molecule has 2 N–H and O–H groups in total. The minimum atomic E-state index is -4.92. The van der Waals surface area contributed by atoms with Crippen molar-refractivity contribution in [1.82, 2.24) is 15.1 Å². The fraction of sp³-hybridized carbons (Fsp3) is 0.125. The molecule has 0 spiro atoms. The Labute approximate surface area is 208 Å². The standard InChI is InChI=1S/C24H13ClF6N4O2/c1-35-21(28)14-8-16(32-22(36)9-4-10(24(29,30)31)6-12(27)5-9)17-18(20(14)34-35)23(37)33-19(17)13-7-11(26)2-3-15(13)25/h2-8,19H,1H3,(H,32,36)(H,33,37)/t19-/m0/s1. The highest BCUT2D eigenvalue weighted by atomic mass is 35.5. The molecule has 1 aliphatic rings. The van der Waals surface area contributed by atoms with E-state index in [-0.39, 0.29) is 44.4 Å². The SMILES string of the molecule is Cn1nc2c3c(c(NC(=O)c4cc(F)cc(C(F)(F)F)c4)cc2c1F)[C@H](c1cc(F)ccc1Cl)NC3=O. The number of alkyl halides is 3. The first kappa shape index (κ1) is 24.6. The fourth-order valence-electron chi connectivity index (χ4n) is 4.27. The van der Waals surface area contributed by atoms with Gasteiger partial charge in [0.2, 0.25) is 5.95 Å². The van der Waals surface area contributed by atoms with Crippen molar-refractivity contribution in [2.75, 3.05) is 5.32 Å². The monoisotopic (exact) mass is 538 g/mol. The summed E-state index contributed by atoms with van der Waals surface area (Å²) in [6.45, 7) is 0. The number of anilines is 1. The molecule has 1 aliphatic heterocycles. The molecule has 6 nitrogen and oxygen atoms in total. The van der Waals surface area contributed by atoms with Crippen LogP contribution < -0.4 is 10.6 Å². The van der Waals surface area contributed by atoms with Gasteiger partial charge in [-0.25, -0.2) is 13.5 Å². The smallest absolute Gasteiger partial charge is 0.341 e. The Kier molecular flexibility index (Phi) is 5.66. The zero-order valence-electron chi connectivity index (χ0n) is 18.5. The van der Waals surface area contributed by atoms with Crippen molar-refractivity contribution in [3.8, 4) is 0 Å². The van der Waals surface area contributed by atoms with Crippen molar-refractivity contribution in [3.63, 3.8) is 0 Å². The molecule has 2 heterocycles. The number of carbonyl (C=O) groups is 2. The Balaban J connectivity index is 1.70. The van der Waals surface area contributed by atoms with Crippen molar-refractivity contribution < 1.29 is 35.9 Å². The summed E-state index contributed by atoms with van der Waals surface area (Å²) in [7, 11) is 1.28. The maximum Gasteiger partial charge on any atom is 0.416 e. The first-order chi connectivity index (χ1) is 17.3. The Hall–Kier alpha value is -4.06. The second-order valence-electron chi connectivity index (χ2n) is 8.28. The molecular weight excluding hydrogens is 526 g/mol. The maximum atomic E-state index is 14.8. The number of hydrogen-bond donors (Lipinski definition) is 2. The van der Waals surface area contributed by atoms with Crippen LogP contribution in [0, 0.1) is 17.6 Å². The van der Waals surface area contributed by atoms with Gasteiger partial charge in [0.05, 0.1) is 22.6 Å². The van der Waals surface area contributed by atoms with E-state index in [0.29, 0.717) is 12.1 Å². The molecule has 2 amide bonds. The topological polar surface area (TPSA) is 76.0 Å². The summed E-state index contributed by atoms with van der Waals surface area (Å²) in [5.74, 6) is -4.75. The van der Waals surface area contributed by atoms with Crippen LogP contribution in [0.15, 0.2) is 42.5 Å². The highest BCUT2D eigenvalue weighted by molar-refractivity contribution is 6.31. The fourth-order valence-corrected chi connectivity index (χ4v) is 4.50. The number of halogens is 7. The van der Waals surface area contributed by atoms with Crippen LogP contribution in [0.25, 0.3) is 10.9 Å². The number of benzene rings is 3. The summed E-state index contributed by atoms with van der Waals surface area (Å²) in [6.07, 6.45) is -4.92. The molecule has 3 aromatic carbocycles. The van der Waals surface area contributed by atoms with Gasteiger partial charge in [0.25, 0.3) is 11.8 Å². The van der Waals surface area contributed by atoms with E-state index in [2.05, 4.69) is 15.7 Å². The summed E-state index contributed by atoms with van der Waals surface area (Å²) < 4.78 is 83.1. The average Bonchev–Trinajstić information content (AvgIpc) is 3.31. The molecule has 0 saturated carbocycles. The van der Waals surface area contributed by atoms with Gasteiger partial charge in [-0.15, -0.1) is 0 Å². The van der Waals surface area contributed by atoms with E-state index in [9.17, 15) is 35.9 Å².